The minimum atomic E-state index is -0.571. The van der Waals surface area contributed by atoms with E-state index in [0.29, 0.717) is 6.54 Å². The molecule has 0 bridgehead atoms. The summed E-state index contributed by atoms with van der Waals surface area (Å²) >= 11 is 0. The van der Waals surface area contributed by atoms with Crippen LogP contribution in [0.15, 0.2) is 48.5 Å². The van der Waals surface area contributed by atoms with Gasteiger partial charge in [-0.15, -0.1) is 0 Å². The predicted octanol–water partition coefficient (Wildman–Crippen LogP) is 2.76. The minimum absolute atomic E-state index is 0.0552. The molecule has 1 heterocycles. The van der Waals surface area contributed by atoms with E-state index in [9.17, 15) is 9.59 Å². The molecule has 0 saturated heterocycles. The van der Waals surface area contributed by atoms with E-state index in [1.165, 1.54) is 12.5 Å². The Balaban J connectivity index is 1.89. The first-order chi connectivity index (χ1) is 11.1. The summed E-state index contributed by atoms with van der Waals surface area (Å²) in [5.74, 6) is -0.249. The summed E-state index contributed by atoms with van der Waals surface area (Å²) in [5.41, 5.74) is 4.07. The number of fused-ring (bicyclic) bond motifs is 1. The second-order valence-electron chi connectivity index (χ2n) is 5.87. The Bertz CT molecular complexity index is 740. The molecule has 0 radical (unpaired) electrons. The van der Waals surface area contributed by atoms with Gasteiger partial charge in [0.05, 0.1) is 5.69 Å². The Hall–Kier alpha value is -2.62. The molecule has 118 valence electrons. The fraction of sp³-hybridized carbons (Fsp3) is 0.263. The van der Waals surface area contributed by atoms with Gasteiger partial charge in [0.15, 0.2) is 0 Å². The van der Waals surface area contributed by atoms with Crippen LogP contribution in [-0.4, -0.2) is 18.4 Å². The minimum Gasteiger partial charge on any atom is -0.341 e. The van der Waals surface area contributed by atoms with Crippen LogP contribution < -0.4 is 10.2 Å². The molecule has 0 aliphatic carbocycles. The van der Waals surface area contributed by atoms with Crippen molar-refractivity contribution in [1.29, 1.82) is 0 Å². The summed E-state index contributed by atoms with van der Waals surface area (Å²) in [7, 11) is 0. The van der Waals surface area contributed by atoms with Gasteiger partial charge in [0.25, 0.3) is 5.91 Å². The van der Waals surface area contributed by atoms with Gasteiger partial charge in [-0.2, -0.15) is 0 Å². The number of amides is 2. The molecule has 2 amide bonds. The zero-order valence-corrected chi connectivity index (χ0v) is 13.4. The molecule has 2 aromatic carbocycles. The first-order valence-electron chi connectivity index (χ1n) is 7.80. The van der Waals surface area contributed by atoms with Crippen LogP contribution in [0.2, 0.25) is 0 Å². The van der Waals surface area contributed by atoms with E-state index in [1.807, 2.05) is 43.3 Å². The normalized spacial score (nSPS) is 16.3. The highest BCUT2D eigenvalue weighted by molar-refractivity contribution is 6.06. The lowest BCUT2D eigenvalue weighted by Gasteiger charge is -2.19. The van der Waals surface area contributed by atoms with Crippen LogP contribution in [0.1, 0.15) is 29.7 Å². The first kappa shape index (κ1) is 15.3. The molecule has 2 aromatic rings. The summed E-state index contributed by atoms with van der Waals surface area (Å²) in [5, 5.41) is 2.77. The van der Waals surface area contributed by atoms with Crippen LogP contribution >= 0.6 is 0 Å². The molecule has 0 fully saturated rings. The van der Waals surface area contributed by atoms with Crippen molar-refractivity contribution in [2.24, 2.45) is 0 Å². The number of nitrogens with one attached hydrogen (secondary N) is 1. The Labute approximate surface area is 136 Å². The smallest absolute Gasteiger partial charge is 0.254 e. The van der Waals surface area contributed by atoms with E-state index >= 15 is 0 Å². The number of carbonyl (C=O) groups is 2. The first-order valence-corrected chi connectivity index (χ1v) is 7.80. The van der Waals surface area contributed by atoms with E-state index in [1.54, 1.807) is 4.90 Å². The third kappa shape index (κ3) is 2.97. The quantitative estimate of drug-likeness (QED) is 0.944. The van der Waals surface area contributed by atoms with Crippen molar-refractivity contribution in [1.82, 2.24) is 5.32 Å². The maximum atomic E-state index is 12.8. The van der Waals surface area contributed by atoms with Gasteiger partial charge in [-0.05, 0) is 24.5 Å². The second-order valence-corrected chi connectivity index (χ2v) is 5.87. The number of hydrogen-bond acceptors (Lipinski definition) is 2. The van der Waals surface area contributed by atoms with Gasteiger partial charge in [0.1, 0.15) is 6.04 Å². The molecule has 3 rings (SSSR count). The number of anilines is 1. The molecule has 1 atom stereocenters. The Morgan fingerprint density at radius 1 is 1.13 bits per heavy atom. The highest BCUT2D eigenvalue weighted by Gasteiger charge is 2.38. The number of benzene rings is 2. The SMILES string of the molecule is CC(=O)N[C@@H]1C(=O)N(CCc2ccccc2)c2c(C)cccc21. The lowest BCUT2D eigenvalue weighted by molar-refractivity contribution is -0.126. The van der Waals surface area contributed by atoms with Crippen molar-refractivity contribution < 1.29 is 9.59 Å². The number of nitrogens with zero attached hydrogens (tertiary/aromatic N) is 1. The molecule has 1 aliphatic heterocycles. The fourth-order valence-electron chi connectivity index (χ4n) is 3.13. The monoisotopic (exact) mass is 308 g/mol. The van der Waals surface area contributed by atoms with Crippen molar-refractivity contribution in [2.45, 2.75) is 26.3 Å². The summed E-state index contributed by atoms with van der Waals surface area (Å²) < 4.78 is 0. The van der Waals surface area contributed by atoms with Gasteiger partial charge in [-0.1, -0.05) is 48.5 Å². The van der Waals surface area contributed by atoms with E-state index in [4.69, 9.17) is 0 Å². The summed E-state index contributed by atoms with van der Waals surface area (Å²) in [6, 6.07) is 15.4. The number of aryl methyl sites for hydroxylation is 1. The van der Waals surface area contributed by atoms with E-state index < -0.39 is 6.04 Å². The van der Waals surface area contributed by atoms with Crippen LogP contribution in [0.4, 0.5) is 5.69 Å². The zero-order valence-electron chi connectivity index (χ0n) is 13.4. The molecule has 1 N–H and O–H groups in total. The molecule has 0 spiro atoms. The second kappa shape index (κ2) is 6.24. The average molecular weight is 308 g/mol. The third-order valence-electron chi connectivity index (χ3n) is 4.18. The van der Waals surface area contributed by atoms with Gasteiger partial charge in [0.2, 0.25) is 5.91 Å². The zero-order chi connectivity index (χ0) is 16.4. The van der Waals surface area contributed by atoms with E-state index in [-0.39, 0.29) is 11.8 Å². The molecule has 4 heteroatoms. The fourth-order valence-corrected chi connectivity index (χ4v) is 3.13. The van der Waals surface area contributed by atoms with Crippen LogP contribution in [0.25, 0.3) is 0 Å². The highest BCUT2D eigenvalue weighted by atomic mass is 16.2. The summed E-state index contributed by atoms with van der Waals surface area (Å²) in [6.45, 7) is 4.05. The molecule has 1 aliphatic rings. The Morgan fingerprint density at radius 2 is 1.87 bits per heavy atom. The largest absolute Gasteiger partial charge is 0.341 e. The van der Waals surface area contributed by atoms with Crippen molar-refractivity contribution >= 4 is 17.5 Å². The van der Waals surface area contributed by atoms with Gasteiger partial charge >= 0.3 is 0 Å². The summed E-state index contributed by atoms with van der Waals surface area (Å²) in [4.78, 5) is 26.0. The number of hydrogen-bond donors (Lipinski definition) is 1. The molecular formula is C19H20N2O2. The van der Waals surface area contributed by atoms with E-state index in [0.717, 1.165) is 23.2 Å². The lowest BCUT2D eigenvalue weighted by atomic mass is 10.0. The average Bonchev–Trinajstić information content (AvgIpc) is 2.80. The van der Waals surface area contributed by atoms with Crippen LogP contribution in [-0.2, 0) is 16.0 Å². The standard InChI is InChI=1S/C19H20N2O2/c1-13-7-6-10-16-17(20-14(2)22)19(23)21(18(13)16)12-11-15-8-4-3-5-9-15/h3-10,17H,11-12H2,1-2H3,(H,20,22)/t17-/m0/s1. The molecule has 0 unspecified atom stereocenters. The Kier molecular flexibility index (Phi) is 4.15. The van der Waals surface area contributed by atoms with Crippen molar-refractivity contribution in [3.63, 3.8) is 0 Å². The van der Waals surface area contributed by atoms with Gasteiger partial charge in [-0.3, -0.25) is 9.59 Å². The molecule has 4 nitrogen and oxygen atoms in total. The number of para-hydroxylation sites is 1. The molecule has 23 heavy (non-hydrogen) atoms. The molecule has 0 saturated carbocycles. The number of rotatable bonds is 4. The Morgan fingerprint density at radius 3 is 2.57 bits per heavy atom. The van der Waals surface area contributed by atoms with Crippen molar-refractivity contribution in [3.05, 3.63) is 65.2 Å². The van der Waals surface area contributed by atoms with Gasteiger partial charge < -0.3 is 10.2 Å². The van der Waals surface area contributed by atoms with Crippen LogP contribution in [0, 0.1) is 6.92 Å². The van der Waals surface area contributed by atoms with Crippen molar-refractivity contribution in [2.75, 3.05) is 11.4 Å². The summed E-state index contributed by atoms with van der Waals surface area (Å²) in [6.07, 6.45) is 0.785. The predicted molar refractivity (Wildman–Crippen MR) is 90.2 cm³/mol. The third-order valence-corrected chi connectivity index (χ3v) is 4.18. The van der Waals surface area contributed by atoms with E-state index in [2.05, 4.69) is 17.4 Å². The molecular weight excluding hydrogens is 288 g/mol. The van der Waals surface area contributed by atoms with Crippen LogP contribution in [0.5, 0.6) is 0 Å². The van der Waals surface area contributed by atoms with Gasteiger partial charge in [0, 0.05) is 19.0 Å². The maximum Gasteiger partial charge on any atom is 0.254 e. The highest BCUT2D eigenvalue weighted by Crippen LogP contribution is 2.38. The number of carbonyl (C=O) groups excluding carboxylic acids is 2. The topological polar surface area (TPSA) is 49.4 Å². The van der Waals surface area contributed by atoms with Crippen LogP contribution in [0.3, 0.4) is 0 Å². The van der Waals surface area contributed by atoms with Crippen molar-refractivity contribution in [3.8, 4) is 0 Å². The lowest BCUT2D eigenvalue weighted by Crippen LogP contribution is -2.37. The molecule has 0 aromatic heterocycles. The van der Waals surface area contributed by atoms with Gasteiger partial charge in [-0.25, -0.2) is 0 Å². The maximum absolute atomic E-state index is 12.8.